The summed E-state index contributed by atoms with van der Waals surface area (Å²) >= 11 is 0. The van der Waals surface area contributed by atoms with E-state index in [0.717, 1.165) is 50.5 Å². The lowest BCUT2D eigenvalue weighted by Crippen LogP contribution is -2.55. The fourth-order valence-corrected chi connectivity index (χ4v) is 8.71. The van der Waals surface area contributed by atoms with E-state index in [1.54, 1.807) is 12.1 Å². The summed E-state index contributed by atoms with van der Waals surface area (Å²) in [7, 11) is -3.82. The molecule has 1 unspecified atom stereocenters. The number of allylic oxidation sites excluding steroid dienone is 1. The van der Waals surface area contributed by atoms with Crippen molar-refractivity contribution < 1.29 is 17.4 Å². The van der Waals surface area contributed by atoms with E-state index in [4.69, 9.17) is 4.18 Å². The lowest BCUT2D eigenvalue weighted by molar-refractivity contribution is -0.133. The summed E-state index contributed by atoms with van der Waals surface area (Å²) < 4.78 is 32.4. The molecule has 1 aromatic carbocycles. The van der Waals surface area contributed by atoms with Crippen LogP contribution >= 0.6 is 0 Å². The Hall–Kier alpha value is -1.46. The predicted molar refractivity (Wildman–Crippen MR) is 120 cm³/mol. The second kappa shape index (κ2) is 7.28. The molecular weight excluding hydrogens is 408 g/mol. The van der Waals surface area contributed by atoms with Crippen molar-refractivity contribution in [2.45, 2.75) is 83.1 Å². The minimum absolute atomic E-state index is 0.179. The molecule has 3 saturated carbocycles. The summed E-state index contributed by atoms with van der Waals surface area (Å²) in [5, 5.41) is 0. The van der Waals surface area contributed by atoms with Gasteiger partial charge in [0.2, 0.25) is 0 Å². The molecule has 1 aromatic rings. The number of carbonyl (C=O) groups excluding carboxylic acids is 1. The Kier molecular flexibility index (Phi) is 5.02. The van der Waals surface area contributed by atoms with Crippen LogP contribution < -0.4 is 0 Å². The molecule has 4 aliphatic carbocycles. The standard InChI is InChI=1S/C26H34O4S/c1-17-7-10-19(11-8-17)31(28,29)30-24-6-4-5-18-9-12-20-21-13-14-23(27)25(21,2)16-15-22(20)26(18,24)3/h7-11,20-22,24H,4-6,12-16H2,1-3H3/t20-,21-,22-,24?,25-,26-/m0/s1. The first-order valence-corrected chi connectivity index (χ1v) is 13.3. The smallest absolute Gasteiger partial charge is 0.297 e. The van der Waals surface area contributed by atoms with Crippen LogP contribution in [-0.2, 0) is 19.1 Å². The Morgan fingerprint density at radius 1 is 1.00 bits per heavy atom. The van der Waals surface area contributed by atoms with Crippen LogP contribution in [-0.4, -0.2) is 20.3 Å². The van der Waals surface area contributed by atoms with E-state index in [0.29, 0.717) is 30.0 Å². The Morgan fingerprint density at radius 3 is 2.48 bits per heavy atom. The summed E-state index contributed by atoms with van der Waals surface area (Å²) in [6.45, 7) is 6.38. The number of ketones is 1. The zero-order valence-electron chi connectivity index (χ0n) is 18.9. The normalized spacial score (nSPS) is 40.0. The van der Waals surface area contributed by atoms with Crippen molar-refractivity contribution in [1.29, 1.82) is 0 Å². The van der Waals surface area contributed by atoms with Crippen LogP contribution in [0.4, 0.5) is 0 Å². The molecule has 3 fully saturated rings. The highest BCUT2D eigenvalue weighted by Gasteiger charge is 2.60. The van der Waals surface area contributed by atoms with Crippen molar-refractivity contribution in [3.63, 3.8) is 0 Å². The molecule has 0 aromatic heterocycles. The quantitative estimate of drug-likeness (QED) is 0.451. The van der Waals surface area contributed by atoms with Crippen LogP contribution in [0.3, 0.4) is 0 Å². The first-order valence-electron chi connectivity index (χ1n) is 11.9. The van der Waals surface area contributed by atoms with E-state index in [1.165, 1.54) is 5.57 Å². The van der Waals surface area contributed by atoms with Crippen LogP contribution in [0.5, 0.6) is 0 Å². The third-order valence-corrected chi connectivity index (χ3v) is 10.7. The van der Waals surface area contributed by atoms with Crippen molar-refractivity contribution in [2.24, 2.45) is 28.6 Å². The molecule has 0 saturated heterocycles. The lowest BCUT2D eigenvalue weighted by Gasteiger charge is -2.58. The molecule has 0 amide bonds. The van der Waals surface area contributed by atoms with Gasteiger partial charge in [0.1, 0.15) is 5.78 Å². The van der Waals surface area contributed by atoms with Gasteiger partial charge >= 0.3 is 0 Å². The third kappa shape index (κ3) is 3.18. The maximum absolute atomic E-state index is 13.2. The van der Waals surface area contributed by atoms with Gasteiger partial charge in [-0.1, -0.05) is 43.2 Å². The second-order valence-corrected chi connectivity index (χ2v) is 12.4. The third-order valence-electron chi connectivity index (χ3n) is 9.38. The van der Waals surface area contributed by atoms with Gasteiger partial charge in [-0.05, 0) is 81.8 Å². The Balaban J connectivity index is 1.48. The van der Waals surface area contributed by atoms with Gasteiger partial charge in [-0.3, -0.25) is 8.98 Å². The van der Waals surface area contributed by atoms with Crippen molar-refractivity contribution in [3.05, 3.63) is 41.5 Å². The lowest BCUT2D eigenvalue weighted by atomic mass is 9.47. The summed E-state index contributed by atoms with van der Waals surface area (Å²) in [6, 6.07) is 6.93. The van der Waals surface area contributed by atoms with Crippen molar-refractivity contribution in [1.82, 2.24) is 0 Å². The fourth-order valence-electron chi connectivity index (χ4n) is 7.52. The number of hydrogen-bond donors (Lipinski definition) is 0. The van der Waals surface area contributed by atoms with Crippen LogP contribution in [0.15, 0.2) is 40.8 Å². The number of Topliss-reactive ketones (excluding diaryl/α,β-unsaturated/α-hetero) is 1. The molecule has 0 spiro atoms. The van der Waals surface area contributed by atoms with Gasteiger partial charge in [0.15, 0.2) is 0 Å². The molecule has 0 aliphatic heterocycles. The molecule has 5 heteroatoms. The summed E-state index contributed by atoms with van der Waals surface area (Å²) in [5.41, 5.74) is 1.96. The van der Waals surface area contributed by atoms with Crippen molar-refractivity contribution in [3.8, 4) is 0 Å². The van der Waals surface area contributed by atoms with E-state index in [9.17, 15) is 13.2 Å². The molecule has 0 heterocycles. The van der Waals surface area contributed by atoms with E-state index in [-0.39, 0.29) is 21.8 Å². The number of fused-ring (bicyclic) bond motifs is 5. The van der Waals surface area contributed by atoms with E-state index >= 15 is 0 Å². The Morgan fingerprint density at radius 2 is 1.74 bits per heavy atom. The number of benzene rings is 1. The number of aryl methyl sites for hydroxylation is 1. The highest BCUT2D eigenvalue weighted by molar-refractivity contribution is 7.86. The highest BCUT2D eigenvalue weighted by Crippen LogP contribution is 2.64. The largest absolute Gasteiger partial charge is 0.299 e. The highest BCUT2D eigenvalue weighted by atomic mass is 32.2. The van der Waals surface area contributed by atoms with Crippen LogP contribution in [0.25, 0.3) is 0 Å². The van der Waals surface area contributed by atoms with Crippen molar-refractivity contribution >= 4 is 15.9 Å². The molecule has 5 rings (SSSR count). The molecule has 31 heavy (non-hydrogen) atoms. The SMILES string of the molecule is Cc1ccc(S(=O)(=O)OC2CCCC3=CC[C@H]4[C@@H]5CCC(=O)[C@@]5(C)CC[C@@H]4[C@]32C)cc1. The first kappa shape index (κ1) is 21.4. The predicted octanol–water partition coefficient (Wildman–Crippen LogP) is 5.60. The molecular formula is C26H34O4S. The van der Waals surface area contributed by atoms with Gasteiger partial charge in [0, 0.05) is 17.3 Å². The van der Waals surface area contributed by atoms with Gasteiger partial charge in [-0.2, -0.15) is 8.42 Å². The molecule has 4 aliphatic rings. The van der Waals surface area contributed by atoms with Crippen molar-refractivity contribution in [2.75, 3.05) is 0 Å². The first-order chi connectivity index (χ1) is 14.7. The molecule has 6 atom stereocenters. The zero-order chi connectivity index (χ0) is 22.0. The molecule has 168 valence electrons. The van der Waals surface area contributed by atoms with Gasteiger partial charge < -0.3 is 0 Å². The van der Waals surface area contributed by atoms with Gasteiger partial charge in [0.25, 0.3) is 10.1 Å². The maximum Gasteiger partial charge on any atom is 0.297 e. The Labute approximate surface area is 186 Å². The molecule has 4 nitrogen and oxygen atoms in total. The van der Waals surface area contributed by atoms with E-state index < -0.39 is 10.1 Å². The van der Waals surface area contributed by atoms with Crippen LogP contribution in [0.1, 0.15) is 70.8 Å². The summed E-state index contributed by atoms with van der Waals surface area (Å²) in [6.07, 6.45) is 9.44. The van der Waals surface area contributed by atoms with E-state index in [1.807, 2.05) is 19.1 Å². The maximum atomic E-state index is 13.2. The Bertz CT molecular complexity index is 1020. The fraction of sp³-hybridized carbons (Fsp3) is 0.654. The molecule has 0 N–H and O–H groups in total. The number of carbonyl (C=O) groups is 1. The van der Waals surface area contributed by atoms with Gasteiger partial charge in [0.05, 0.1) is 11.0 Å². The topological polar surface area (TPSA) is 60.4 Å². The van der Waals surface area contributed by atoms with Crippen LogP contribution in [0, 0.1) is 35.5 Å². The summed E-state index contributed by atoms with van der Waals surface area (Å²) in [5.74, 6) is 1.69. The molecule has 0 radical (unpaired) electrons. The summed E-state index contributed by atoms with van der Waals surface area (Å²) in [4.78, 5) is 12.9. The van der Waals surface area contributed by atoms with E-state index in [2.05, 4.69) is 19.9 Å². The van der Waals surface area contributed by atoms with Gasteiger partial charge in [-0.15, -0.1) is 0 Å². The minimum atomic E-state index is -3.82. The minimum Gasteiger partial charge on any atom is -0.299 e. The monoisotopic (exact) mass is 442 g/mol. The molecule has 0 bridgehead atoms. The average molecular weight is 443 g/mol. The zero-order valence-corrected chi connectivity index (χ0v) is 19.7. The average Bonchev–Trinajstić information content (AvgIpc) is 3.03. The number of hydrogen-bond acceptors (Lipinski definition) is 4. The van der Waals surface area contributed by atoms with Crippen LogP contribution in [0.2, 0.25) is 0 Å². The van der Waals surface area contributed by atoms with Gasteiger partial charge in [-0.25, -0.2) is 0 Å². The number of rotatable bonds is 3. The second-order valence-electron chi connectivity index (χ2n) is 10.8.